The van der Waals surface area contributed by atoms with E-state index in [4.69, 9.17) is 15.9 Å². The van der Waals surface area contributed by atoms with E-state index < -0.39 is 0 Å². The monoisotopic (exact) mass is 237 g/mol. The normalized spacial score (nSPS) is 20.4. The lowest BCUT2D eigenvalue weighted by atomic mass is 10.1. The van der Waals surface area contributed by atoms with Crippen LogP contribution in [0.1, 0.15) is 12.5 Å². The van der Waals surface area contributed by atoms with Crippen molar-refractivity contribution in [3.8, 4) is 0 Å². The molecule has 1 atom stereocenters. The Morgan fingerprint density at radius 2 is 2.35 bits per heavy atom. The topological polar surface area (TPSA) is 62.3 Å². The molecule has 0 bridgehead atoms. The first-order valence-corrected chi connectivity index (χ1v) is 5.58. The molecule has 1 fully saturated rings. The Morgan fingerprint density at radius 3 is 2.94 bits per heavy atom. The first-order valence-electron chi connectivity index (χ1n) is 5.58. The fourth-order valence-corrected chi connectivity index (χ4v) is 1.97. The minimum absolute atomic E-state index is 0.107. The first kappa shape index (κ1) is 11.9. The van der Waals surface area contributed by atoms with E-state index in [0.717, 1.165) is 0 Å². The standard InChI is InChI=1S/C12H16FN3O/c1-8-7-16(4-5-17-8)11-3-2-9(12(14)15)6-10(11)13/h2-3,6,8H,4-5,7H2,1H3,(H3,14,15). The van der Waals surface area contributed by atoms with Crippen LogP contribution in [0.2, 0.25) is 0 Å². The molecule has 0 saturated carbocycles. The van der Waals surface area contributed by atoms with Gasteiger partial charge in [0.05, 0.1) is 18.4 Å². The molecule has 1 aromatic rings. The Morgan fingerprint density at radius 1 is 1.59 bits per heavy atom. The average molecular weight is 237 g/mol. The van der Waals surface area contributed by atoms with Crippen molar-refractivity contribution in [1.29, 1.82) is 5.41 Å². The number of rotatable bonds is 2. The summed E-state index contributed by atoms with van der Waals surface area (Å²) in [5.41, 5.74) is 6.27. The van der Waals surface area contributed by atoms with Crippen LogP contribution in [0, 0.1) is 11.2 Å². The maximum Gasteiger partial charge on any atom is 0.147 e. The van der Waals surface area contributed by atoms with Gasteiger partial charge in [0.1, 0.15) is 11.7 Å². The highest BCUT2D eigenvalue weighted by atomic mass is 19.1. The molecule has 0 spiro atoms. The number of nitrogens with zero attached hydrogens (tertiary/aromatic N) is 1. The van der Waals surface area contributed by atoms with E-state index in [0.29, 0.717) is 30.9 Å². The van der Waals surface area contributed by atoms with Gasteiger partial charge in [0.15, 0.2) is 0 Å². The van der Waals surface area contributed by atoms with E-state index in [1.54, 1.807) is 12.1 Å². The average Bonchev–Trinajstić information content (AvgIpc) is 2.28. The van der Waals surface area contributed by atoms with Crippen LogP contribution in [-0.4, -0.2) is 31.6 Å². The number of hydrogen-bond donors (Lipinski definition) is 2. The zero-order valence-corrected chi connectivity index (χ0v) is 9.74. The van der Waals surface area contributed by atoms with E-state index in [1.807, 2.05) is 11.8 Å². The molecule has 3 N–H and O–H groups in total. The van der Waals surface area contributed by atoms with Crippen molar-refractivity contribution in [2.45, 2.75) is 13.0 Å². The van der Waals surface area contributed by atoms with Crippen LogP contribution in [0.4, 0.5) is 10.1 Å². The summed E-state index contributed by atoms with van der Waals surface area (Å²) in [4.78, 5) is 1.95. The second kappa shape index (κ2) is 4.71. The molecule has 2 rings (SSSR count). The van der Waals surface area contributed by atoms with Crippen molar-refractivity contribution in [1.82, 2.24) is 0 Å². The van der Waals surface area contributed by atoms with Gasteiger partial charge in [-0.25, -0.2) is 4.39 Å². The van der Waals surface area contributed by atoms with Gasteiger partial charge in [-0.15, -0.1) is 0 Å². The number of anilines is 1. The van der Waals surface area contributed by atoms with E-state index >= 15 is 0 Å². The highest BCUT2D eigenvalue weighted by molar-refractivity contribution is 5.95. The van der Waals surface area contributed by atoms with E-state index in [9.17, 15) is 4.39 Å². The predicted molar refractivity (Wildman–Crippen MR) is 65.0 cm³/mol. The Kier molecular flexibility index (Phi) is 3.28. The molecule has 0 aliphatic carbocycles. The maximum absolute atomic E-state index is 13.9. The number of nitrogens with two attached hydrogens (primary N) is 1. The molecule has 1 aliphatic rings. The highest BCUT2D eigenvalue weighted by Crippen LogP contribution is 2.22. The third-order valence-corrected chi connectivity index (χ3v) is 2.84. The summed E-state index contributed by atoms with van der Waals surface area (Å²) >= 11 is 0. The van der Waals surface area contributed by atoms with E-state index in [1.165, 1.54) is 6.07 Å². The molecular formula is C12H16FN3O. The van der Waals surface area contributed by atoms with Crippen LogP contribution in [0.5, 0.6) is 0 Å². The van der Waals surface area contributed by atoms with Crippen LogP contribution in [0.25, 0.3) is 0 Å². The molecular weight excluding hydrogens is 221 g/mol. The summed E-state index contributed by atoms with van der Waals surface area (Å²) < 4.78 is 19.3. The molecule has 0 radical (unpaired) electrons. The number of morpholine rings is 1. The third-order valence-electron chi connectivity index (χ3n) is 2.84. The zero-order chi connectivity index (χ0) is 12.4. The van der Waals surface area contributed by atoms with Crippen LogP contribution < -0.4 is 10.6 Å². The summed E-state index contributed by atoms with van der Waals surface area (Å²) in [5, 5.41) is 7.26. The Hall–Kier alpha value is -1.62. The first-order chi connectivity index (χ1) is 8.08. The van der Waals surface area contributed by atoms with Gasteiger partial charge in [0.2, 0.25) is 0 Å². The predicted octanol–water partition coefficient (Wildman–Crippen LogP) is 1.33. The molecule has 0 aromatic heterocycles. The lowest BCUT2D eigenvalue weighted by Crippen LogP contribution is -2.41. The number of ether oxygens (including phenoxy) is 1. The lowest BCUT2D eigenvalue weighted by Gasteiger charge is -2.33. The zero-order valence-electron chi connectivity index (χ0n) is 9.74. The van der Waals surface area contributed by atoms with Gasteiger partial charge < -0.3 is 15.4 Å². The lowest BCUT2D eigenvalue weighted by molar-refractivity contribution is 0.0530. The summed E-state index contributed by atoms with van der Waals surface area (Å²) in [7, 11) is 0. The largest absolute Gasteiger partial charge is 0.384 e. The molecule has 1 aromatic carbocycles. The van der Waals surface area contributed by atoms with Gasteiger partial charge in [-0.1, -0.05) is 0 Å². The molecule has 1 aliphatic heterocycles. The van der Waals surface area contributed by atoms with Gasteiger partial charge in [-0.3, -0.25) is 5.41 Å². The maximum atomic E-state index is 13.9. The minimum atomic E-state index is -0.341. The van der Waals surface area contributed by atoms with Crippen molar-refractivity contribution in [2.24, 2.45) is 5.73 Å². The Bertz CT molecular complexity index is 436. The number of hydrogen-bond acceptors (Lipinski definition) is 3. The number of nitrogen functional groups attached to an aromatic ring is 1. The molecule has 4 nitrogen and oxygen atoms in total. The van der Waals surface area contributed by atoms with Crippen molar-refractivity contribution in [2.75, 3.05) is 24.6 Å². The second-order valence-electron chi connectivity index (χ2n) is 4.21. The van der Waals surface area contributed by atoms with Crippen LogP contribution >= 0.6 is 0 Å². The summed E-state index contributed by atoms with van der Waals surface area (Å²) in [6.07, 6.45) is 0.107. The molecule has 1 unspecified atom stereocenters. The summed E-state index contributed by atoms with van der Waals surface area (Å²) in [6.45, 7) is 3.93. The van der Waals surface area contributed by atoms with Crippen molar-refractivity contribution in [3.05, 3.63) is 29.6 Å². The van der Waals surface area contributed by atoms with Gasteiger partial charge in [0.25, 0.3) is 0 Å². The molecule has 1 heterocycles. The number of benzene rings is 1. The van der Waals surface area contributed by atoms with Crippen molar-refractivity contribution in [3.63, 3.8) is 0 Å². The quantitative estimate of drug-likeness (QED) is 0.602. The summed E-state index contributed by atoms with van der Waals surface area (Å²) in [6, 6.07) is 4.64. The SMILES string of the molecule is CC1CN(c2ccc(C(=N)N)cc2F)CCO1. The van der Waals surface area contributed by atoms with Crippen LogP contribution in [0.3, 0.4) is 0 Å². The smallest absolute Gasteiger partial charge is 0.147 e. The molecule has 5 heteroatoms. The number of nitrogens with one attached hydrogen (secondary N) is 1. The van der Waals surface area contributed by atoms with E-state index in [-0.39, 0.29) is 17.8 Å². The molecule has 0 amide bonds. The van der Waals surface area contributed by atoms with Gasteiger partial charge in [-0.2, -0.15) is 0 Å². The van der Waals surface area contributed by atoms with Crippen molar-refractivity contribution < 1.29 is 9.13 Å². The third kappa shape index (κ3) is 2.55. The second-order valence-corrected chi connectivity index (χ2v) is 4.21. The number of halogens is 1. The summed E-state index contributed by atoms with van der Waals surface area (Å²) in [5.74, 6) is -0.461. The van der Waals surface area contributed by atoms with Gasteiger partial charge in [-0.05, 0) is 25.1 Å². The Labute approximate surface area is 99.7 Å². The van der Waals surface area contributed by atoms with E-state index in [2.05, 4.69) is 0 Å². The highest BCUT2D eigenvalue weighted by Gasteiger charge is 2.19. The molecule has 17 heavy (non-hydrogen) atoms. The fraction of sp³-hybridized carbons (Fsp3) is 0.417. The fourth-order valence-electron chi connectivity index (χ4n) is 1.97. The van der Waals surface area contributed by atoms with Crippen molar-refractivity contribution >= 4 is 11.5 Å². The van der Waals surface area contributed by atoms with Gasteiger partial charge >= 0.3 is 0 Å². The number of amidine groups is 1. The molecule has 1 saturated heterocycles. The minimum Gasteiger partial charge on any atom is -0.384 e. The van der Waals surface area contributed by atoms with Gasteiger partial charge in [0, 0.05) is 18.7 Å². The Balaban J connectivity index is 2.23. The van der Waals surface area contributed by atoms with Crippen LogP contribution in [0.15, 0.2) is 18.2 Å². The molecule has 92 valence electrons. The van der Waals surface area contributed by atoms with Crippen LogP contribution in [-0.2, 0) is 4.74 Å².